The van der Waals surface area contributed by atoms with Crippen LogP contribution in [-0.2, 0) is 5.67 Å². The summed E-state index contributed by atoms with van der Waals surface area (Å²) in [6.07, 6.45) is 0.543. The Morgan fingerprint density at radius 3 is 3.08 bits per heavy atom. The zero-order valence-electron chi connectivity index (χ0n) is 7.40. The molecular weight excluding hydrogens is 233 g/mol. The molecule has 0 fully saturated rings. The minimum Gasteiger partial charge on any atom is -0.385 e. The van der Waals surface area contributed by atoms with Crippen LogP contribution in [0.25, 0.3) is 0 Å². The summed E-state index contributed by atoms with van der Waals surface area (Å²) in [6.45, 7) is 2.34. The van der Waals surface area contributed by atoms with Gasteiger partial charge in [0, 0.05) is 28.7 Å². The number of halogens is 2. The zero-order valence-corrected chi connectivity index (χ0v) is 8.99. The summed E-state index contributed by atoms with van der Waals surface area (Å²) in [7, 11) is 0. The maximum atomic E-state index is 13.9. The number of hydrogen-bond acceptors (Lipinski definition) is 1. The largest absolute Gasteiger partial charge is 0.385 e. The van der Waals surface area contributed by atoms with Crippen LogP contribution in [-0.4, -0.2) is 6.54 Å². The maximum Gasteiger partial charge on any atom is 0.136 e. The van der Waals surface area contributed by atoms with E-state index < -0.39 is 5.67 Å². The number of benzene rings is 1. The quantitative estimate of drug-likeness (QED) is 0.737. The molecule has 2 rings (SSSR count). The molecule has 1 aliphatic rings. The van der Waals surface area contributed by atoms with Crippen molar-refractivity contribution < 1.29 is 4.39 Å². The monoisotopic (exact) mass is 243 g/mol. The number of fused-ring (bicyclic) bond motifs is 1. The van der Waals surface area contributed by atoms with Crippen LogP contribution in [0.1, 0.15) is 18.9 Å². The van der Waals surface area contributed by atoms with Gasteiger partial charge in [0.05, 0.1) is 0 Å². The lowest BCUT2D eigenvalue weighted by Gasteiger charge is -2.29. The molecule has 1 heterocycles. The molecule has 1 atom stereocenters. The Kier molecular flexibility index (Phi) is 2.06. The fourth-order valence-corrected chi connectivity index (χ4v) is 2.04. The van der Waals surface area contributed by atoms with Crippen molar-refractivity contribution in [3.8, 4) is 0 Å². The van der Waals surface area contributed by atoms with E-state index in [1.165, 1.54) is 0 Å². The predicted molar refractivity (Wildman–Crippen MR) is 55.7 cm³/mol. The van der Waals surface area contributed by atoms with E-state index in [0.29, 0.717) is 13.0 Å². The first-order valence-electron chi connectivity index (χ1n) is 4.32. The topological polar surface area (TPSA) is 12.0 Å². The average molecular weight is 244 g/mol. The van der Waals surface area contributed by atoms with Crippen LogP contribution in [0, 0.1) is 0 Å². The Hall–Kier alpha value is -0.570. The van der Waals surface area contributed by atoms with E-state index in [0.717, 1.165) is 15.7 Å². The van der Waals surface area contributed by atoms with Crippen molar-refractivity contribution in [1.82, 2.24) is 0 Å². The Bertz CT molecular complexity index is 336. The predicted octanol–water partition coefficient (Wildman–Crippen LogP) is 3.45. The molecule has 13 heavy (non-hydrogen) atoms. The standard InChI is InChI=1S/C10H11BrFN/c1-10(12)4-5-13-9-6-7(11)2-3-8(9)10/h2-3,6,13H,4-5H2,1H3. The molecule has 0 saturated carbocycles. The lowest BCUT2D eigenvalue weighted by molar-refractivity contribution is 0.178. The highest BCUT2D eigenvalue weighted by atomic mass is 79.9. The molecule has 70 valence electrons. The number of rotatable bonds is 0. The summed E-state index contributed by atoms with van der Waals surface area (Å²) in [4.78, 5) is 0. The van der Waals surface area contributed by atoms with Crippen molar-refractivity contribution >= 4 is 21.6 Å². The smallest absolute Gasteiger partial charge is 0.136 e. The number of nitrogens with one attached hydrogen (secondary N) is 1. The minimum absolute atomic E-state index is 0.543. The zero-order chi connectivity index (χ0) is 9.47. The Balaban J connectivity index is 2.53. The Morgan fingerprint density at radius 2 is 2.31 bits per heavy atom. The second-order valence-corrected chi connectivity index (χ2v) is 4.48. The van der Waals surface area contributed by atoms with Gasteiger partial charge in [-0.2, -0.15) is 0 Å². The molecule has 1 nitrogen and oxygen atoms in total. The summed E-state index contributed by atoms with van der Waals surface area (Å²) in [5, 5.41) is 3.19. The number of alkyl halides is 1. The van der Waals surface area contributed by atoms with Crippen LogP contribution >= 0.6 is 15.9 Å². The van der Waals surface area contributed by atoms with Crippen LogP contribution in [0.3, 0.4) is 0 Å². The molecule has 1 aromatic rings. The van der Waals surface area contributed by atoms with Crippen LogP contribution in [0.2, 0.25) is 0 Å². The molecule has 1 N–H and O–H groups in total. The molecule has 0 aromatic heterocycles. The van der Waals surface area contributed by atoms with Gasteiger partial charge in [-0.1, -0.05) is 22.0 Å². The molecule has 1 unspecified atom stereocenters. The molecule has 0 aliphatic carbocycles. The minimum atomic E-state index is -1.18. The highest BCUT2D eigenvalue weighted by Crippen LogP contribution is 2.38. The van der Waals surface area contributed by atoms with E-state index in [1.54, 1.807) is 6.92 Å². The van der Waals surface area contributed by atoms with Crippen molar-refractivity contribution in [3.05, 3.63) is 28.2 Å². The summed E-state index contributed by atoms with van der Waals surface area (Å²) in [5.41, 5.74) is 0.494. The van der Waals surface area contributed by atoms with E-state index in [9.17, 15) is 4.39 Å². The fraction of sp³-hybridized carbons (Fsp3) is 0.400. The molecule has 1 aliphatic heterocycles. The van der Waals surface area contributed by atoms with Crippen molar-refractivity contribution in [1.29, 1.82) is 0 Å². The van der Waals surface area contributed by atoms with Crippen LogP contribution in [0.5, 0.6) is 0 Å². The second kappa shape index (κ2) is 2.98. The fourth-order valence-electron chi connectivity index (χ4n) is 1.68. The van der Waals surface area contributed by atoms with E-state index >= 15 is 0 Å². The van der Waals surface area contributed by atoms with E-state index in [4.69, 9.17) is 0 Å². The van der Waals surface area contributed by atoms with Crippen LogP contribution in [0.15, 0.2) is 22.7 Å². The van der Waals surface area contributed by atoms with E-state index in [2.05, 4.69) is 21.2 Å². The second-order valence-electron chi connectivity index (χ2n) is 3.56. The highest BCUT2D eigenvalue weighted by molar-refractivity contribution is 9.10. The van der Waals surface area contributed by atoms with Crippen LogP contribution < -0.4 is 5.32 Å². The summed E-state index contributed by atoms with van der Waals surface area (Å²) >= 11 is 3.37. The first-order valence-corrected chi connectivity index (χ1v) is 5.12. The third kappa shape index (κ3) is 1.57. The highest BCUT2D eigenvalue weighted by Gasteiger charge is 2.31. The van der Waals surface area contributed by atoms with E-state index in [1.807, 2.05) is 18.2 Å². The normalized spacial score (nSPS) is 26.4. The van der Waals surface area contributed by atoms with Crippen molar-refractivity contribution in [2.75, 3.05) is 11.9 Å². The molecule has 1 aromatic carbocycles. The molecular formula is C10H11BrFN. The van der Waals surface area contributed by atoms with Gasteiger partial charge in [-0.15, -0.1) is 0 Å². The van der Waals surface area contributed by atoms with Gasteiger partial charge < -0.3 is 5.32 Å². The van der Waals surface area contributed by atoms with Gasteiger partial charge in [-0.05, 0) is 19.1 Å². The van der Waals surface area contributed by atoms with Crippen molar-refractivity contribution in [2.45, 2.75) is 19.0 Å². The summed E-state index contributed by atoms with van der Waals surface area (Å²) < 4.78 is 14.9. The Labute approximate surface area is 85.5 Å². The number of hydrogen-bond donors (Lipinski definition) is 1. The Morgan fingerprint density at radius 1 is 1.54 bits per heavy atom. The van der Waals surface area contributed by atoms with Gasteiger partial charge in [0.15, 0.2) is 0 Å². The SMILES string of the molecule is CC1(F)CCNc2cc(Br)ccc21. The van der Waals surface area contributed by atoms with Crippen molar-refractivity contribution in [3.63, 3.8) is 0 Å². The third-order valence-corrected chi connectivity index (χ3v) is 2.95. The van der Waals surface area contributed by atoms with E-state index in [-0.39, 0.29) is 0 Å². The van der Waals surface area contributed by atoms with Gasteiger partial charge in [0.25, 0.3) is 0 Å². The summed E-state index contributed by atoms with van der Waals surface area (Å²) in [6, 6.07) is 5.64. The molecule has 0 amide bonds. The van der Waals surface area contributed by atoms with Crippen molar-refractivity contribution in [2.24, 2.45) is 0 Å². The molecule has 0 spiro atoms. The van der Waals surface area contributed by atoms with Gasteiger partial charge in [0.2, 0.25) is 0 Å². The van der Waals surface area contributed by atoms with Gasteiger partial charge >= 0.3 is 0 Å². The molecule has 0 saturated heterocycles. The molecule has 0 bridgehead atoms. The van der Waals surface area contributed by atoms with Gasteiger partial charge in [-0.25, -0.2) is 4.39 Å². The lowest BCUT2D eigenvalue weighted by atomic mass is 9.90. The third-order valence-electron chi connectivity index (χ3n) is 2.45. The number of anilines is 1. The molecule has 0 radical (unpaired) electrons. The maximum absolute atomic E-state index is 13.9. The first-order chi connectivity index (χ1) is 6.09. The summed E-state index contributed by atoms with van der Waals surface area (Å²) in [5.74, 6) is 0. The van der Waals surface area contributed by atoms with Gasteiger partial charge in [0.1, 0.15) is 5.67 Å². The lowest BCUT2D eigenvalue weighted by Crippen LogP contribution is -2.26. The first kappa shape index (κ1) is 9.00. The van der Waals surface area contributed by atoms with Gasteiger partial charge in [-0.3, -0.25) is 0 Å². The van der Waals surface area contributed by atoms with Crippen LogP contribution in [0.4, 0.5) is 10.1 Å². The average Bonchev–Trinajstić information content (AvgIpc) is 2.02. The molecule has 3 heteroatoms.